The maximum atomic E-state index is 13.8. The molecule has 108 valence electrons. The lowest BCUT2D eigenvalue weighted by Crippen LogP contribution is -2.01. The highest BCUT2D eigenvalue weighted by atomic mass is 79.9. The van der Waals surface area contributed by atoms with Crippen molar-refractivity contribution in [1.29, 1.82) is 0 Å². The third-order valence-corrected chi connectivity index (χ3v) is 3.22. The van der Waals surface area contributed by atoms with Crippen LogP contribution in [0.5, 0.6) is 11.6 Å². The number of benzene rings is 1. The molecule has 0 unspecified atom stereocenters. The Bertz CT molecular complexity index is 821. The van der Waals surface area contributed by atoms with E-state index in [1.165, 1.54) is 6.07 Å². The fourth-order valence-corrected chi connectivity index (χ4v) is 2.21. The van der Waals surface area contributed by atoms with Gasteiger partial charge in [-0.05, 0) is 12.1 Å². The minimum absolute atomic E-state index is 0.0725. The molecule has 0 spiro atoms. The lowest BCUT2D eigenvalue weighted by molar-refractivity contribution is 0.406. The van der Waals surface area contributed by atoms with Gasteiger partial charge in [0.05, 0.1) is 6.20 Å². The van der Waals surface area contributed by atoms with Gasteiger partial charge < -0.3 is 10.1 Å². The number of imidazole rings is 1. The van der Waals surface area contributed by atoms with E-state index in [4.69, 9.17) is 4.74 Å². The van der Waals surface area contributed by atoms with E-state index in [9.17, 15) is 8.78 Å². The van der Waals surface area contributed by atoms with Crippen LogP contribution in [0.4, 0.5) is 14.6 Å². The molecule has 2 aromatic heterocycles. The Labute approximate surface area is 126 Å². The monoisotopic (exact) mass is 354 g/mol. The molecule has 0 saturated heterocycles. The first-order valence-corrected chi connectivity index (χ1v) is 6.71. The molecule has 3 aromatic rings. The average Bonchev–Trinajstić information content (AvgIpc) is 2.92. The molecule has 0 aliphatic rings. The van der Waals surface area contributed by atoms with Crippen molar-refractivity contribution in [3.63, 3.8) is 0 Å². The predicted molar refractivity (Wildman–Crippen MR) is 76.7 cm³/mol. The number of ether oxygens (including phenoxy) is 1. The van der Waals surface area contributed by atoms with Crippen molar-refractivity contribution in [3.05, 3.63) is 46.8 Å². The van der Waals surface area contributed by atoms with Crippen molar-refractivity contribution in [3.8, 4) is 11.6 Å². The number of anilines is 1. The van der Waals surface area contributed by atoms with Gasteiger partial charge in [-0.3, -0.25) is 4.40 Å². The highest BCUT2D eigenvalue weighted by Crippen LogP contribution is 2.30. The zero-order valence-electron chi connectivity index (χ0n) is 10.8. The largest absolute Gasteiger partial charge is 0.433 e. The summed E-state index contributed by atoms with van der Waals surface area (Å²) in [5, 5.41) is 2.86. The van der Waals surface area contributed by atoms with Crippen molar-refractivity contribution < 1.29 is 13.5 Å². The number of rotatable bonds is 3. The molecule has 0 saturated carbocycles. The van der Waals surface area contributed by atoms with Crippen LogP contribution in [0.2, 0.25) is 0 Å². The second kappa shape index (κ2) is 5.28. The number of fused-ring (bicyclic) bond motifs is 1. The Morgan fingerprint density at radius 3 is 2.90 bits per heavy atom. The Hall–Kier alpha value is -2.22. The molecule has 0 amide bonds. The van der Waals surface area contributed by atoms with E-state index in [1.54, 1.807) is 30.0 Å². The minimum Gasteiger partial charge on any atom is -0.433 e. The zero-order chi connectivity index (χ0) is 15.0. The third kappa shape index (κ3) is 2.54. The standard InChI is InChI=1S/C13H9BrF2N4O/c1-17-10-6-20-3-2-18-12(20)13(19-10)21-9-5-7(14)4-8(15)11(9)16/h2-6,17H,1H3. The lowest BCUT2D eigenvalue weighted by atomic mass is 10.3. The van der Waals surface area contributed by atoms with Crippen LogP contribution in [0.1, 0.15) is 0 Å². The molecule has 0 radical (unpaired) electrons. The Morgan fingerprint density at radius 2 is 2.14 bits per heavy atom. The number of nitrogens with zero attached hydrogens (tertiary/aromatic N) is 3. The van der Waals surface area contributed by atoms with E-state index < -0.39 is 11.6 Å². The first kappa shape index (κ1) is 13.7. The normalized spacial score (nSPS) is 10.9. The van der Waals surface area contributed by atoms with E-state index in [2.05, 4.69) is 31.2 Å². The Balaban J connectivity index is 2.11. The molecule has 0 aliphatic carbocycles. The first-order chi connectivity index (χ1) is 10.1. The van der Waals surface area contributed by atoms with Crippen LogP contribution in [-0.2, 0) is 0 Å². The van der Waals surface area contributed by atoms with E-state index in [-0.39, 0.29) is 11.6 Å². The Morgan fingerprint density at radius 1 is 1.33 bits per heavy atom. The summed E-state index contributed by atoms with van der Waals surface area (Å²) in [7, 11) is 1.69. The van der Waals surface area contributed by atoms with Gasteiger partial charge in [0.15, 0.2) is 11.6 Å². The molecule has 0 bridgehead atoms. The Kier molecular flexibility index (Phi) is 3.46. The van der Waals surface area contributed by atoms with E-state index in [1.807, 2.05) is 0 Å². The molecule has 8 heteroatoms. The third-order valence-electron chi connectivity index (χ3n) is 2.77. The van der Waals surface area contributed by atoms with Gasteiger partial charge in [0.1, 0.15) is 5.82 Å². The molecule has 3 rings (SSSR count). The highest BCUT2D eigenvalue weighted by Gasteiger charge is 2.16. The highest BCUT2D eigenvalue weighted by molar-refractivity contribution is 9.10. The molecule has 21 heavy (non-hydrogen) atoms. The van der Waals surface area contributed by atoms with Crippen LogP contribution in [0.3, 0.4) is 0 Å². The van der Waals surface area contributed by atoms with Crippen LogP contribution < -0.4 is 10.1 Å². The van der Waals surface area contributed by atoms with Crippen LogP contribution in [0.25, 0.3) is 5.65 Å². The smallest absolute Gasteiger partial charge is 0.265 e. The van der Waals surface area contributed by atoms with Gasteiger partial charge in [-0.2, -0.15) is 9.37 Å². The van der Waals surface area contributed by atoms with Crippen molar-refractivity contribution in [2.45, 2.75) is 0 Å². The van der Waals surface area contributed by atoms with Crippen molar-refractivity contribution in [1.82, 2.24) is 14.4 Å². The van der Waals surface area contributed by atoms with E-state index in [0.29, 0.717) is 15.9 Å². The van der Waals surface area contributed by atoms with Crippen LogP contribution in [-0.4, -0.2) is 21.4 Å². The SMILES string of the molecule is CNc1cn2ccnc2c(Oc2cc(Br)cc(F)c2F)n1. The number of aromatic nitrogens is 3. The van der Waals surface area contributed by atoms with E-state index in [0.717, 1.165) is 6.07 Å². The van der Waals surface area contributed by atoms with Gasteiger partial charge in [0.25, 0.3) is 5.88 Å². The number of nitrogens with one attached hydrogen (secondary N) is 1. The van der Waals surface area contributed by atoms with Crippen LogP contribution >= 0.6 is 15.9 Å². The summed E-state index contributed by atoms with van der Waals surface area (Å²) in [6, 6.07) is 2.34. The molecule has 5 nitrogen and oxygen atoms in total. The number of hydrogen-bond donors (Lipinski definition) is 1. The molecule has 2 heterocycles. The van der Waals surface area contributed by atoms with Crippen LogP contribution in [0, 0.1) is 11.6 Å². The molecular weight excluding hydrogens is 346 g/mol. The molecular formula is C13H9BrF2N4O. The maximum Gasteiger partial charge on any atom is 0.265 e. The summed E-state index contributed by atoms with van der Waals surface area (Å²) >= 11 is 3.09. The second-order valence-corrected chi connectivity index (χ2v) is 5.06. The van der Waals surface area contributed by atoms with Crippen molar-refractivity contribution in [2.75, 3.05) is 12.4 Å². The average molecular weight is 355 g/mol. The topological polar surface area (TPSA) is 51.5 Å². The summed E-state index contributed by atoms with van der Waals surface area (Å²) in [5.41, 5.74) is 0.397. The van der Waals surface area contributed by atoms with Crippen LogP contribution in [0.15, 0.2) is 35.2 Å². The lowest BCUT2D eigenvalue weighted by Gasteiger charge is -2.10. The number of halogens is 3. The molecule has 0 atom stereocenters. The summed E-state index contributed by atoms with van der Waals surface area (Å²) in [6.07, 6.45) is 4.96. The molecule has 0 fully saturated rings. The molecule has 1 aromatic carbocycles. The summed E-state index contributed by atoms with van der Waals surface area (Å²) in [6.45, 7) is 0. The fraction of sp³-hybridized carbons (Fsp3) is 0.0769. The predicted octanol–water partition coefficient (Wildman–Crippen LogP) is 3.60. The maximum absolute atomic E-state index is 13.8. The van der Waals surface area contributed by atoms with E-state index >= 15 is 0 Å². The van der Waals surface area contributed by atoms with Crippen molar-refractivity contribution >= 4 is 27.4 Å². The van der Waals surface area contributed by atoms with Gasteiger partial charge >= 0.3 is 0 Å². The second-order valence-electron chi connectivity index (χ2n) is 4.14. The fourth-order valence-electron chi connectivity index (χ4n) is 1.80. The van der Waals surface area contributed by atoms with Gasteiger partial charge in [0.2, 0.25) is 11.5 Å². The zero-order valence-corrected chi connectivity index (χ0v) is 12.4. The van der Waals surface area contributed by atoms with Gasteiger partial charge in [-0.25, -0.2) is 9.37 Å². The van der Waals surface area contributed by atoms with Crippen molar-refractivity contribution in [2.24, 2.45) is 0 Å². The molecule has 0 aliphatic heterocycles. The quantitative estimate of drug-likeness (QED) is 0.730. The summed E-state index contributed by atoms with van der Waals surface area (Å²) in [5.74, 6) is -1.79. The van der Waals surface area contributed by atoms with Gasteiger partial charge in [-0.1, -0.05) is 15.9 Å². The van der Waals surface area contributed by atoms with Gasteiger partial charge in [0, 0.05) is 23.9 Å². The number of hydrogen-bond acceptors (Lipinski definition) is 4. The molecule has 1 N–H and O–H groups in total. The summed E-state index contributed by atoms with van der Waals surface area (Å²) in [4.78, 5) is 8.25. The van der Waals surface area contributed by atoms with Gasteiger partial charge in [-0.15, -0.1) is 0 Å². The minimum atomic E-state index is -1.08. The first-order valence-electron chi connectivity index (χ1n) is 5.92. The summed E-state index contributed by atoms with van der Waals surface area (Å²) < 4.78 is 34.6.